The monoisotopic (exact) mass is 379 g/mol. The summed E-state index contributed by atoms with van der Waals surface area (Å²) in [6.07, 6.45) is 1.99. The molecule has 1 aromatic rings. The average Bonchev–Trinajstić information content (AvgIpc) is 2.89. The smallest absolute Gasteiger partial charge is 0.312 e. The van der Waals surface area contributed by atoms with E-state index in [1.54, 1.807) is 25.2 Å². The van der Waals surface area contributed by atoms with Crippen LogP contribution < -0.4 is 5.32 Å². The van der Waals surface area contributed by atoms with Crippen LogP contribution in [0, 0.1) is 5.41 Å². The Kier molecular flexibility index (Phi) is 5.44. The molecular weight excluding hydrogens is 354 g/mol. The molecule has 2 aliphatic heterocycles. The molecule has 26 heavy (non-hydrogen) atoms. The number of halogens is 1. The number of ether oxygens (including phenoxy) is 1. The van der Waals surface area contributed by atoms with Gasteiger partial charge < -0.3 is 19.9 Å². The summed E-state index contributed by atoms with van der Waals surface area (Å²) < 4.78 is 5.59. The van der Waals surface area contributed by atoms with Crippen LogP contribution in [0.2, 0.25) is 5.02 Å². The molecule has 2 saturated heterocycles. The van der Waals surface area contributed by atoms with Crippen molar-refractivity contribution in [3.8, 4) is 0 Å². The zero-order valence-corrected chi connectivity index (χ0v) is 16.3. The Bertz CT molecular complexity index is 699. The van der Waals surface area contributed by atoms with Crippen molar-refractivity contribution < 1.29 is 14.3 Å². The number of carbonyl (C=O) groups is 2. The predicted molar refractivity (Wildman–Crippen MR) is 102 cm³/mol. The summed E-state index contributed by atoms with van der Waals surface area (Å²) in [4.78, 5) is 29.2. The lowest BCUT2D eigenvalue weighted by molar-refractivity contribution is -0.150. The first-order chi connectivity index (χ1) is 12.3. The predicted octanol–water partition coefficient (Wildman–Crippen LogP) is 2.48. The topological polar surface area (TPSA) is 61.9 Å². The molecule has 1 N–H and O–H groups in total. The molecule has 3 rings (SSSR count). The summed E-state index contributed by atoms with van der Waals surface area (Å²) in [5, 5.41) is 3.57. The number of nitrogens with one attached hydrogen (secondary N) is 1. The molecule has 1 aromatic carbocycles. The van der Waals surface area contributed by atoms with Gasteiger partial charge in [-0.05, 0) is 45.1 Å². The lowest BCUT2D eigenvalue weighted by atomic mass is 9.76. The van der Waals surface area contributed by atoms with Crippen LogP contribution in [0.4, 0.5) is 5.69 Å². The van der Waals surface area contributed by atoms with Gasteiger partial charge in [0.15, 0.2) is 0 Å². The average molecular weight is 380 g/mol. The molecule has 1 amide bonds. The van der Waals surface area contributed by atoms with Gasteiger partial charge >= 0.3 is 5.97 Å². The Labute approximate surface area is 159 Å². The number of hydrogen-bond acceptors (Lipinski definition) is 5. The van der Waals surface area contributed by atoms with E-state index < -0.39 is 5.41 Å². The Balaban J connectivity index is 1.68. The van der Waals surface area contributed by atoms with Crippen LogP contribution in [0.15, 0.2) is 18.2 Å². The van der Waals surface area contributed by atoms with Crippen molar-refractivity contribution in [2.45, 2.75) is 25.4 Å². The molecule has 2 aliphatic rings. The number of rotatable bonds is 4. The molecule has 6 nitrogen and oxygen atoms in total. The highest BCUT2D eigenvalue weighted by atomic mass is 35.5. The maximum Gasteiger partial charge on any atom is 0.312 e. The molecule has 0 radical (unpaired) electrons. The molecule has 0 saturated carbocycles. The number of anilines is 1. The van der Waals surface area contributed by atoms with Gasteiger partial charge in [0.25, 0.3) is 5.91 Å². The van der Waals surface area contributed by atoms with Gasteiger partial charge in [-0.25, -0.2) is 0 Å². The van der Waals surface area contributed by atoms with E-state index in [9.17, 15) is 9.59 Å². The van der Waals surface area contributed by atoms with Crippen molar-refractivity contribution in [2.75, 3.05) is 46.1 Å². The van der Waals surface area contributed by atoms with Crippen molar-refractivity contribution in [3.63, 3.8) is 0 Å². The van der Waals surface area contributed by atoms with Crippen molar-refractivity contribution in [1.29, 1.82) is 0 Å². The SMILES string of the molecule is CNc1ccc(Cl)cc1C(=O)N1CCC2(CC1)CC(CN(C)C)OC2=O. The molecule has 7 heteroatoms. The van der Waals surface area contributed by atoms with Crippen LogP contribution in [0.3, 0.4) is 0 Å². The summed E-state index contributed by atoms with van der Waals surface area (Å²) in [5.41, 5.74) is 0.888. The third kappa shape index (κ3) is 3.67. The number of amides is 1. The fourth-order valence-electron chi connectivity index (χ4n) is 3.97. The van der Waals surface area contributed by atoms with Crippen molar-refractivity contribution in [2.24, 2.45) is 5.41 Å². The molecule has 1 unspecified atom stereocenters. The van der Waals surface area contributed by atoms with Gasteiger partial charge in [-0.1, -0.05) is 11.6 Å². The van der Waals surface area contributed by atoms with E-state index in [-0.39, 0.29) is 18.0 Å². The molecule has 0 aliphatic carbocycles. The van der Waals surface area contributed by atoms with Crippen LogP contribution in [0.1, 0.15) is 29.6 Å². The molecule has 2 fully saturated rings. The Hall–Kier alpha value is -1.79. The first-order valence-corrected chi connectivity index (χ1v) is 9.35. The zero-order valence-electron chi connectivity index (χ0n) is 15.5. The standard InChI is InChI=1S/C19H26ClN3O3/c1-21-16-5-4-13(20)10-15(16)17(24)23-8-6-19(7-9-23)11-14(12-22(2)3)26-18(19)25/h4-5,10,14,21H,6-9,11-12H2,1-3H3. The minimum Gasteiger partial charge on any atom is -0.461 e. The maximum absolute atomic E-state index is 12.9. The molecule has 1 spiro atoms. The van der Waals surface area contributed by atoms with Gasteiger partial charge in [0, 0.05) is 43.8 Å². The first-order valence-electron chi connectivity index (χ1n) is 8.97. The van der Waals surface area contributed by atoms with Crippen LogP contribution in [0.25, 0.3) is 0 Å². The van der Waals surface area contributed by atoms with Gasteiger partial charge in [-0.3, -0.25) is 9.59 Å². The van der Waals surface area contributed by atoms with Gasteiger partial charge in [0.1, 0.15) is 6.10 Å². The van der Waals surface area contributed by atoms with Crippen molar-refractivity contribution in [3.05, 3.63) is 28.8 Å². The number of nitrogens with zero attached hydrogens (tertiary/aromatic N) is 2. The summed E-state index contributed by atoms with van der Waals surface area (Å²) in [5.74, 6) is -0.155. The Morgan fingerprint density at radius 2 is 2.08 bits per heavy atom. The fraction of sp³-hybridized carbons (Fsp3) is 0.579. The third-order valence-electron chi connectivity index (χ3n) is 5.38. The largest absolute Gasteiger partial charge is 0.461 e. The number of carbonyl (C=O) groups excluding carboxylic acids is 2. The summed E-state index contributed by atoms with van der Waals surface area (Å²) in [7, 11) is 5.74. The second kappa shape index (κ2) is 7.45. The van der Waals surface area contributed by atoms with Gasteiger partial charge in [0.2, 0.25) is 0 Å². The summed E-state index contributed by atoms with van der Waals surface area (Å²) >= 11 is 6.07. The molecular formula is C19H26ClN3O3. The second-order valence-electron chi connectivity index (χ2n) is 7.51. The van der Waals surface area contributed by atoms with E-state index in [4.69, 9.17) is 16.3 Å². The van der Waals surface area contributed by atoms with E-state index in [1.165, 1.54) is 0 Å². The third-order valence-corrected chi connectivity index (χ3v) is 5.62. The van der Waals surface area contributed by atoms with E-state index in [2.05, 4.69) is 5.32 Å². The Morgan fingerprint density at radius 3 is 2.69 bits per heavy atom. The number of cyclic esters (lactones) is 1. The van der Waals surface area contributed by atoms with E-state index in [0.717, 1.165) is 18.7 Å². The van der Waals surface area contributed by atoms with Crippen LogP contribution >= 0.6 is 11.6 Å². The highest BCUT2D eigenvalue weighted by Crippen LogP contribution is 2.43. The number of hydrogen-bond donors (Lipinski definition) is 1. The minimum absolute atomic E-state index is 0.0522. The van der Waals surface area contributed by atoms with Crippen LogP contribution in [-0.2, 0) is 9.53 Å². The zero-order chi connectivity index (χ0) is 18.9. The lowest BCUT2D eigenvalue weighted by Gasteiger charge is -2.36. The second-order valence-corrected chi connectivity index (χ2v) is 7.94. The molecule has 142 valence electrons. The van der Waals surface area contributed by atoms with Crippen LogP contribution in [0.5, 0.6) is 0 Å². The van der Waals surface area contributed by atoms with Crippen molar-refractivity contribution >= 4 is 29.2 Å². The summed E-state index contributed by atoms with van der Waals surface area (Å²) in [6.45, 7) is 1.85. The maximum atomic E-state index is 12.9. The minimum atomic E-state index is -0.433. The number of likely N-dealkylation sites (N-methyl/N-ethyl adjacent to an activating group) is 1. The Morgan fingerprint density at radius 1 is 1.38 bits per heavy atom. The first kappa shape index (κ1) is 19.0. The summed E-state index contributed by atoms with van der Waals surface area (Å²) in [6, 6.07) is 5.26. The number of likely N-dealkylation sites (tertiary alicyclic amines) is 1. The van der Waals surface area contributed by atoms with E-state index in [1.807, 2.05) is 23.9 Å². The molecule has 0 bridgehead atoms. The van der Waals surface area contributed by atoms with E-state index >= 15 is 0 Å². The van der Waals surface area contributed by atoms with E-state index in [0.29, 0.717) is 36.5 Å². The number of benzene rings is 1. The normalized spacial score (nSPS) is 22.0. The van der Waals surface area contributed by atoms with Crippen LogP contribution in [-0.4, -0.2) is 68.6 Å². The number of piperidine rings is 1. The molecule has 2 heterocycles. The highest BCUT2D eigenvalue weighted by molar-refractivity contribution is 6.31. The quantitative estimate of drug-likeness (QED) is 0.814. The van der Waals surface area contributed by atoms with Crippen molar-refractivity contribution in [1.82, 2.24) is 9.80 Å². The van der Waals surface area contributed by atoms with Gasteiger partial charge in [-0.15, -0.1) is 0 Å². The molecule has 0 aromatic heterocycles. The highest BCUT2D eigenvalue weighted by Gasteiger charge is 2.50. The fourth-order valence-corrected chi connectivity index (χ4v) is 4.15. The molecule has 1 atom stereocenters. The lowest BCUT2D eigenvalue weighted by Crippen LogP contribution is -2.45. The van der Waals surface area contributed by atoms with Gasteiger partial charge in [-0.2, -0.15) is 0 Å². The van der Waals surface area contributed by atoms with Gasteiger partial charge in [0.05, 0.1) is 11.0 Å². The number of esters is 1.